The number of benzene rings is 3. The van der Waals surface area contributed by atoms with Gasteiger partial charge in [0.2, 0.25) is 0 Å². The lowest BCUT2D eigenvalue weighted by Gasteiger charge is -2.40. The number of para-hydroxylation sites is 2. The van der Waals surface area contributed by atoms with Crippen LogP contribution < -0.4 is 14.8 Å². The predicted octanol–water partition coefficient (Wildman–Crippen LogP) is 3.84. The van der Waals surface area contributed by atoms with Crippen LogP contribution in [0.25, 0.3) is 0 Å². The van der Waals surface area contributed by atoms with Crippen LogP contribution in [0.2, 0.25) is 0 Å². The van der Waals surface area contributed by atoms with Crippen LogP contribution in [0.15, 0.2) is 84.9 Å². The fourth-order valence-electron chi connectivity index (χ4n) is 4.14. The van der Waals surface area contributed by atoms with Crippen LogP contribution in [0, 0.1) is 0 Å². The van der Waals surface area contributed by atoms with E-state index in [1.54, 1.807) is 24.3 Å². The first-order chi connectivity index (χ1) is 15.2. The summed E-state index contributed by atoms with van der Waals surface area (Å²) in [4.78, 5) is 27.5. The highest BCUT2D eigenvalue weighted by atomic mass is 16.5. The van der Waals surface area contributed by atoms with Crippen molar-refractivity contribution in [1.29, 1.82) is 0 Å². The Bertz CT molecular complexity index is 1050. The molecule has 0 saturated carbocycles. The molecular weight excluding hydrogens is 392 g/mol. The first-order valence-electron chi connectivity index (χ1n) is 10.4. The van der Waals surface area contributed by atoms with Crippen LogP contribution in [0.5, 0.6) is 11.5 Å². The summed E-state index contributed by atoms with van der Waals surface area (Å²) in [7, 11) is 0. The van der Waals surface area contributed by atoms with Crippen molar-refractivity contribution in [2.24, 2.45) is 0 Å². The Labute approximate surface area is 180 Å². The number of amides is 2. The van der Waals surface area contributed by atoms with Gasteiger partial charge in [0.05, 0.1) is 17.2 Å². The van der Waals surface area contributed by atoms with Crippen LogP contribution in [0.4, 0.5) is 0 Å². The van der Waals surface area contributed by atoms with Crippen LogP contribution in [0.3, 0.4) is 0 Å². The molecule has 156 valence electrons. The van der Waals surface area contributed by atoms with Crippen molar-refractivity contribution in [3.63, 3.8) is 0 Å². The van der Waals surface area contributed by atoms with Gasteiger partial charge >= 0.3 is 0 Å². The van der Waals surface area contributed by atoms with Crippen molar-refractivity contribution in [3.8, 4) is 11.5 Å². The topological polar surface area (TPSA) is 67.9 Å². The van der Waals surface area contributed by atoms with Gasteiger partial charge in [-0.1, -0.05) is 48.5 Å². The summed E-state index contributed by atoms with van der Waals surface area (Å²) in [6, 6.07) is 25.4. The number of rotatable bonds is 5. The van der Waals surface area contributed by atoms with Gasteiger partial charge in [-0.05, 0) is 42.8 Å². The molecular formula is C25H22N2O4. The Morgan fingerprint density at radius 3 is 1.77 bits per heavy atom. The normalized spacial score (nSPS) is 22.8. The zero-order valence-electron chi connectivity index (χ0n) is 16.8. The Morgan fingerprint density at radius 1 is 0.677 bits per heavy atom. The molecule has 3 aromatic rings. The van der Waals surface area contributed by atoms with E-state index in [-0.39, 0.29) is 18.0 Å². The van der Waals surface area contributed by atoms with Gasteiger partial charge in [-0.15, -0.1) is 0 Å². The summed E-state index contributed by atoms with van der Waals surface area (Å²) < 4.78 is 12.3. The highest BCUT2D eigenvalue weighted by Crippen LogP contribution is 2.31. The lowest BCUT2D eigenvalue weighted by atomic mass is 10.0. The van der Waals surface area contributed by atoms with E-state index in [1.807, 2.05) is 60.7 Å². The van der Waals surface area contributed by atoms with Crippen molar-refractivity contribution in [2.45, 2.75) is 31.3 Å². The average Bonchev–Trinajstić information content (AvgIpc) is 3.06. The summed E-state index contributed by atoms with van der Waals surface area (Å²) in [6.07, 6.45) is 0.282. The van der Waals surface area contributed by atoms with E-state index >= 15 is 0 Å². The number of piperidine rings is 1. The smallest absolute Gasteiger partial charge is 0.261 e. The Hall–Kier alpha value is -3.64. The molecule has 6 heteroatoms. The van der Waals surface area contributed by atoms with E-state index in [0.717, 1.165) is 5.75 Å². The summed E-state index contributed by atoms with van der Waals surface area (Å²) >= 11 is 0. The van der Waals surface area contributed by atoms with Gasteiger partial charge in [0, 0.05) is 6.42 Å². The number of imide groups is 1. The van der Waals surface area contributed by atoms with Gasteiger partial charge in [0.1, 0.15) is 11.5 Å². The third-order valence-corrected chi connectivity index (χ3v) is 5.61. The maximum atomic E-state index is 13.1. The molecule has 1 fully saturated rings. The summed E-state index contributed by atoms with van der Waals surface area (Å²) in [6.45, 7) is 0. The highest BCUT2D eigenvalue weighted by molar-refractivity contribution is 6.21. The number of carbonyl (C=O) groups is 2. The number of hydrogen-bond acceptors (Lipinski definition) is 5. The molecule has 3 unspecified atom stereocenters. The molecule has 0 bridgehead atoms. The molecule has 3 aromatic carbocycles. The SMILES string of the molecule is O=C1c2ccccc2C(=O)N1C1CCC(Oc2ccccc2)NC1Oc1ccccc1. The Kier molecular flexibility index (Phi) is 5.14. The maximum Gasteiger partial charge on any atom is 0.261 e. The summed E-state index contributed by atoms with van der Waals surface area (Å²) in [5.74, 6) is 0.840. The molecule has 2 aliphatic heterocycles. The predicted molar refractivity (Wildman–Crippen MR) is 115 cm³/mol. The quantitative estimate of drug-likeness (QED) is 0.643. The molecule has 2 heterocycles. The minimum Gasteiger partial charge on any atom is -0.475 e. The largest absolute Gasteiger partial charge is 0.475 e. The number of fused-ring (bicyclic) bond motifs is 1. The van der Waals surface area contributed by atoms with Crippen molar-refractivity contribution in [1.82, 2.24) is 10.2 Å². The maximum absolute atomic E-state index is 13.1. The van der Waals surface area contributed by atoms with Crippen LogP contribution >= 0.6 is 0 Å². The van der Waals surface area contributed by atoms with Crippen molar-refractivity contribution in [3.05, 3.63) is 96.1 Å². The van der Waals surface area contributed by atoms with E-state index in [9.17, 15) is 9.59 Å². The van der Waals surface area contributed by atoms with Gasteiger partial charge in [-0.2, -0.15) is 0 Å². The molecule has 31 heavy (non-hydrogen) atoms. The summed E-state index contributed by atoms with van der Waals surface area (Å²) in [5.41, 5.74) is 0.877. The first kappa shape index (κ1) is 19.3. The average molecular weight is 414 g/mol. The minimum absolute atomic E-state index is 0.281. The zero-order valence-corrected chi connectivity index (χ0v) is 16.8. The van der Waals surface area contributed by atoms with E-state index in [0.29, 0.717) is 29.7 Å². The highest BCUT2D eigenvalue weighted by Gasteiger charge is 2.46. The van der Waals surface area contributed by atoms with Crippen LogP contribution in [-0.4, -0.2) is 35.2 Å². The van der Waals surface area contributed by atoms with Gasteiger partial charge in [0.15, 0.2) is 12.5 Å². The molecule has 2 aliphatic rings. The fourth-order valence-corrected chi connectivity index (χ4v) is 4.14. The Morgan fingerprint density at radius 2 is 1.19 bits per heavy atom. The van der Waals surface area contributed by atoms with Gasteiger partial charge in [-0.3, -0.25) is 14.5 Å². The number of carbonyl (C=O) groups excluding carboxylic acids is 2. The molecule has 0 radical (unpaired) electrons. The number of hydrogen-bond donors (Lipinski definition) is 1. The van der Waals surface area contributed by atoms with Crippen LogP contribution in [0.1, 0.15) is 33.6 Å². The molecule has 3 atom stereocenters. The minimum atomic E-state index is -0.605. The molecule has 5 rings (SSSR count). The second-order valence-corrected chi connectivity index (χ2v) is 7.61. The molecule has 1 N–H and O–H groups in total. The monoisotopic (exact) mass is 414 g/mol. The zero-order chi connectivity index (χ0) is 21.2. The molecule has 0 aromatic heterocycles. The van der Waals surface area contributed by atoms with E-state index in [4.69, 9.17) is 9.47 Å². The third kappa shape index (κ3) is 3.78. The fraction of sp³-hybridized carbons (Fsp3) is 0.200. The summed E-state index contributed by atoms with van der Waals surface area (Å²) in [5, 5.41) is 3.35. The van der Waals surface area contributed by atoms with Crippen molar-refractivity contribution < 1.29 is 19.1 Å². The third-order valence-electron chi connectivity index (χ3n) is 5.61. The molecule has 1 saturated heterocycles. The second kappa shape index (κ2) is 8.24. The van der Waals surface area contributed by atoms with E-state index in [2.05, 4.69) is 5.32 Å². The lowest BCUT2D eigenvalue weighted by molar-refractivity contribution is -0.0211. The van der Waals surface area contributed by atoms with Gasteiger partial charge in [-0.25, -0.2) is 5.32 Å². The van der Waals surface area contributed by atoms with Crippen LogP contribution in [-0.2, 0) is 0 Å². The second-order valence-electron chi connectivity index (χ2n) is 7.61. The van der Waals surface area contributed by atoms with Gasteiger partial charge in [0.25, 0.3) is 11.8 Å². The molecule has 0 spiro atoms. The molecule has 0 aliphatic carbocycles. The number of ether oxygens (including phenoxy) is 2. The van der Waals surface area contributed by atoms with Gasteiger partial charge < -0.3 is 9.47 Å². The molecule has 2 amide bonds. The lowest BCUT2D eigenvalue weighted by Crippen LogP contribution is -2.61. The Balaban J connectivity index is 1.41. The van der Waals surface area contributed by atoms with E-state index in [1.165, 1.54) is 4.90 Å². The van der Waals surface area contributed by atoms with Crippen molar-refractivity contribution >= 4 is 11.8 Å². The van der Waals surface area contributed by atoms with Crippen molar-refractivity contribution in [2.75, 3.05) is 0 Å². The molecule has 6 nitrogen and oxygen atoms in total. The number of nitrogens with zero attached hydrogens (tertiary/aromatic N) is 1. The first-order valence-corrected chi connectivity index (χ1v) is 10.4. The van der Waals surface area contributed by atoms with E-state index < -0.39 is 12.3 Å². The standard InChI is InChI=1S/C25H22N2O4/c28-24-19-13-7-8-14-20(19)25(29)27(24)21-15-16-22(30-17-9-3-1-4-10-17)26-23(21)31-18-11-5-2-6-12-18/h1-14,21-23,26H,15-16H2. The number of nitrogens with one attached hydrogen (secondary N) is 1.